The molecule has 0 aliphatic carbocycles. The fourth-order valence-corrected chi connectivity index (χ4v) is 0.362. The Morgan fingerprint density at radius 2 is 1.82 bits per heavy atom. The van der Waals surface area contributed by atoms with E-state index in [9.17, 15) is 0 Å². The molecule has 3 nitrogen and oxygen atoms in total. The first kappa shape index (κ1) is 17.3. The Kier molecular flexibility index (Phi) is 26.2. The van der Waals surface area contributed by atoms with Gasteiger partial charge in [0.1, 0.15) is 0 Å². The van der Waals surface area contributed by atoms with Crippen molar-refractivity contribution in [2.75, 3.05) is 6.61 Å². The van der Waals surface area contributed by atoms with Crippen molar-refractivity contribution in [2.24, 2.45) is 0 Å². The number of carbonyl (C=O) groups is 1. The largest absolute Gasteiger partial charge is 1.00 e. The summed E-state index contributed by atoms with van der Waals surface area (Å²) in [5.41, 5.74) is 0. The van der Waals surface area contributed by atoms with Crippen LogP contribution in [0.25, 0.3) is 0 Å². The Morgan fingerprint density at radius 1 is 1.45 bits per heavy atom. The number of hydrogen-bond donors (Lipinski definition) is 1. The molecular formula is C7H15AgO3. The first-order valence-corrected chi connectivity index (χ1v) is 3.43. The minimum absolute atomic E-state index is 0. The summed E-state index contributed by atoms with van der Waals surface area (Å²) in [6.45, 7) is 3.45. The number of aliphatic hydroxyl groups is 1. The van der Waals surface area contributed by atoms with E-state index in [1.165, 1.54) is 6.42 Å². The van der Waals surface area contributed by atoms with E-state index in [0.29, 0.717) is 6.61 Å². The van der Waals surface area contributed by atoms with E-state index >= 15 is 0 Å². The number of carbonyl (C=O) groups excluding carboxylic acids is 1. The second-order valence-corrected chi connectivity index (χ2v) is 1.92. The predicted molar refractivity (Wildman–Crippen MR) is 37.3 cm³/mol. The molecule has 0 saturated heterocycles. The van der Waals surface area contributed by atoms with Crippen molar-refractivity contribution >= 4 is 5.97 Å². The fourth-order valence-electron chi connectivity index (χ4n) is 0.362. The van der Waals surface area contributed by atoms with Gasteiger partial charge in [-0.3, -0.25) is 0 Å². The van der Waals surface area contributed by atoms with Crippen molar-refractivity contribution in [1.29, 1.82) is 0 Å². The van der Waals surface area contributed by atoms with Crippen LogP contribution in [0.5, 0.6) is 0 Å². The second kappa shape index (κ2) is 16.6. The number of hydrogen-bond acceptors (Lipinski definition) is 3. The summed E-state index contributed by atoms with van der Waals surface area (Å²) in [7, 11) is 0. The summed E-state index contributed by atoms with van der Waals surface area (Å²) >= 11 is 0. The predicted octanol–water partition coefficient (Wildman–Crippen LogP) is -0.0774. The van der Waals surface area contributed by atoms with Crippen molar-refractivity contribution in [3.8, 4) is 0 Å². The third-order valence-corrected chi connectivity index (χ3v) is 0.762. The van der Waals surface area contributed by atoms with Crippen LogP contribution in [-0.2, 0) is 27.2 Å². The average molecular weight is 255 g/mol. The molecule has 4 heteroatoms. The van der Waals surface area contributed by atoms with Crippen LogP contribution < -0.4 is 5.11 Å². The van der Waals surface area contributed by atoms with E-state index in [-0.39, 0.29) is 22.4 Å². The maximum Gasteiger partial charge on any atom is 1.00 e. The van der Waals surface area contributed by atoms with E-state index in [4.69, 9.17) is 15.0 Å². The van der Waals surface area contributed by atoms with Gasteiger partial charge < -0.3 is 15.0 Å². The Hall–Kier alpha value is 0.170. The standard InChI is InChI=1S/C5H12O.C2H4O2.Ag/c1-2-3-4-5-6;1-2(3)4;/h6H,2-5H2,1H3;1H3,(H,3,4);/q;;+1/p-1. The molecule has 0 saturated carbocycles. The van der Waals surface area contributed by atoms with Crippen LogP contribution in [0.2, 0.25) is 0 Å². The number of aliphatic carboxylic acids is 1. The zero-order valence-electron chi connectivity index (χ0n) is 6.89. The Balaban J connectivity index is -0.000000114. The molecule has 0 heterocycles. The number of unbranched alkanes of at least 4 members (excludes halogenated alkanes) is 2. The summed E-state index contributed by atoms with van der Waals surface area (Å²) in [6, 6.07) is 0. The van der Waals surface area contributed by atoms with Gasteiger partial charge in [-0.1, -0.05) is 19.8 Å². The average Bonchev–Trinajstić information content (AvgIpc) is 1.82. The van der Waals surface area contributed by atoms with Gasteiger partial charge in [-0.25, -0.2) is 0 Å². The molecule has 0 amide bonds. The first-order chi connectivity index (χ1) is 4.65. The smallest absolute Gasteiger partial charge is 0.550 e. The summed E-state index contributed by atoms with van der Waals surface area (Å²) in [5, 5.41) is 17.1. The van der Waals surface area contributed by atoms with Crippen LogP contribution in [0, 0.1) is 0 Å². The maximum absolute atomic E-state index is 8.89. The van der Waals surface area contributed by atoms with Gasteiger partial charge in [0.15, 0.2) is 0 Å². The second-order valence-electron chi connectivity index (χ2n) is 1.92. The van der Waals surface area contributed by atoms with Crippen molar-refractivity contribution in [1.82, 2.24) is 0 Å². The van der Waals surface area contributed by atoms with Crippen molar-refractivity contribution < 1.29 is 37.4 Å². The maximum atomic E-state index is 8.89. The normalized spacial score (nSPS) is 7.18. The summed E-state index contributed by atoms with van der Waals surface area (Å²) < 4.78 is 0. The Labute approximate surface area is 83.3 Å². The molecule has 0 rings (SSSR count). The van der Waals surface area contributed by atoms with E-state index < -0.39 is 5.97 Å². The topological polar surface area (TPSA) is 60.4 Å². The molecule has 0 aliphatic rings. The zero-order chi connectivity index (χ0) is 8.41. The number of carboxylic acids is 1. The molecular weight excluding hydrogens is 240 g/mol. The van der Waals surface area contributed by atoms with Crippen molar-refractivity contribution in [3.63, 3.8) is 0 Å². The quantitative estimate of drug-likeness (QED) is 0.567. The van der Waals surface area contributed by atoms with Gasteiger partial charge >= 0.3 is 22.4 Å². The third-order valence-electron chi connectivity index (χ3n) is 0.762. The molecule has 0 aromatic rings. The summed E-state index contributed by atoms with van der Waals surface area (Å²) in [5.74, 6) is -1.08. The zero-order valence-corrected chi connectivity index (χ0v) is 8.38. The molecule has 72 valence electrons. The third kappa shape index (κ3) is 67.5. The van der Waals surface area contributed by atoms with Gasteiger partial charge in [0, 0.05) is 12.6 Å². The van der Waals surface area contributed by atoms with Crippen LogP contribution in [0.3, 0.4) is 0 Å². The molecule has 0 unspecified atom stereocenters. The van der Waals surface area contributed by atoms with E-state index in [1.54, 1.807) is 0 Å². The van der Waals surface area contributed by atoms with Crippen molar-refractivity contribution in [2.45, 2.75) is 33.1 Å². The molecule has 0 spiro atoms. The van der Waals surface area contributed by atoms with Gasteiger partial charge in [0.25, 0.3) is 0 Å². The van der Waals surface area contributed by atoms with Crippen molar-refractivity contribution in [3.05, 3.63) is 0 Å². The number of carboxylic acid groups (broad SMARTS) is 1. The molecule has 0 radical (unpaired) electrons. The van der Waals surface area contributed by atoms with Crippen LogP contribution in [0.1, 0.15) is 33.1 Å². The molecule has 0 aliphatic heterocycles. The Bertz CT molecular complexity index is 68.1. The minimum Gasteiger partial charge on any atom is -0.550 e. The van der Waals surface area contributed by atoms with E-state index in [1.807, 2.05) is 0 Å². The molecule has 0 bridgehead atoms. The summed E-state index contributed by atoms with van der Waals surface area (Å²) in [4.78, 5) is 8.89. The van der Waals surface area contributed by atoms with Gasteiger partial charge in [-0.2, -0.15) is 0 Å². The molecule has 0 aromatic heterocycles. The fraction of sp³-hybridized carbons (Fsp3) is 0.857. The monoisotopic (exact) mass is 254 g/mol. The first-order valence-electron chi connectivity index (χ1n) is 3.43. The Morgan fingerprint density at radius 3 is 1.91 bits per heavy atom. The number of rotatable bonds is 3. The summed E-state index contributed by atoms with van der Waals surface area (Å²) in [6.07, 6.45) is 3.33. The van der Waals surface area contributed by atoms with E-state index in [0.717, 1.165) is 19.8 Å². The number of aliphatic hydroxyl groups excluding tert-OH is 1. The molecule has 0 fully saturated rings. The van der Waals surface area contributed by atoms with Gasteiger partial charge in [0.2, 0.25) is 0 Å². The van der Waals surface area contributed by atoms with Crippen LogP contribution in [0.15, 0.2) is 0 Å². The van der Waals surface area contributed by atoms with Crippen LogP contribution in [-0.4, -0.2) is 17.7 Å². The van der Waals surface area contributed by atoms with Gasteiger partial charge in [0.05, 0.1) is 0 Å². The van der Waals surface area contributed by atoms with Crippen LogP contribution >= 0.6 is 0 Å². The molecule has 11 heavy (non-hydrogen) atoms. The minimum atomic E-state index is -1.08. The van der Waals surface area contributed by atoms with Gasteiger partial charge in [-0.05, 0) is 13.3 Å². The SMILES string of the molecule is CC(=O)[O-].CCCCCO.[Ag+]. The van der Waals surface area contributed by atoms with Gasteiger partial charge in [-0.15, -0.1) is 0 Å². The van der Waals surface area contributed by atoms with E-state index in [2.05, 4.69) is 6.92 Å². The molecule has 0 atom stereocenters. The molecule has 1 N–H and O–H groups in total. The molecule has 0 aromatic carbocycles. The van der Waals surface area contributed by atoms with Crippen LogP contribution in [0.4, 0.5) is 0 Å².